The minimum absolute atomic E-state index is 0.0801. The highest BCUT2D eigenvalue weighted by atomic mass is 19.4. The maximum atomic E-state index is 12.9. The number of aliphatic hydroxyl groups is 1. The molecular weight excluding hydrogens is 559 g/mol. The quantitative estimate of drug-likeness (QED) is 0.322. The van der Waals surface area contributed by atoms with E-state index in [0.29, 0.717) is 31.5 Å². The molecule has 0 spiro atoms. The summed E-state index contributed by atoms with van der Waals surface area (Å²) in [5.41, 5.74) is 1.23. The SMILES string of the molecule is O=Cc1ccccc1-c1ccc(C2(O)CCC(N[C@H]3CCN(C(=O)CNC(=O)c4cccc(C(F)(F)F)c4)C3)CC2)cc1. The molecule has 1 saturated heterocycles. The van der Waals surface area contributed by atoms with Gasteiger partial charge in [-0.25, -0.2) is 0 Å². The van der Waals surface area contributed by atoms with Crippen molar-refractivity contribution in [2.45, 2.75) is 56.0 Å². The van der Waals surface area contributed by atoms with Gasteiger partial charge in [-0.15, -0.1) is 0 Å². The highest BCUT2D eigenvalue weighted by Crippen LogP contribution is 2.38. The molecule has 10 heteroatoms. The number of benzene rings is 3. The van der Waals surface area contributed by atoms with E-state index in [1.165, 1.54) is 6.07 Å². The molecule has 3 N–H and O–H groups in total. The predicted octanol–water partition coefficient (Wildman–Crippen LogP) is 4.94. The predicted molar refractivity (Wildman–Crippen MR) is 155 cm³/mol. The first-order valence-corrected chi connectivity index (χ1v) is 14.4. The lowest BCUT2D eigenvalue weighted by atomic mass is 9.77. The van der Waals surface area contributed by atoms with Crippen molar-refractivity contribution in [2.24, 2.45) is 0 Å². The van der Waals surface area contributed by atoms with Crippen LogP contribution in [0.3, 0.4) is 0 Å². The molecule has 1 saturated carbocycles. The summed E-state index contributed by atoms with van der Waals surface area (Å²) in [5.74, 6) is -1.02. The van der Waals surface area contributed by atoms with E-state index in [2.05, 4.69) is 10.6 Å². The Kier molecular flexibility index (Phi) is 8.98. The average Bonchev–Trinajstić information content (AvgIpc) is 3.49. The molecular formula is C33H34F3N3O4. The Labute approximate surface area is 248 Å². The lowest BCUT2D eigenvalue weighted by Gasteiger charge is -2.38. The molecule has 2 amide bonds. The number of amides is 2. The summed E-state index contributed by atoms with van der Waals surface area (Å²) in [7, 11) is 0. The molecule has 2 fully saturated rings. The number of nitrogens with zero attached hydrogens (tertiary/aromatic N) is 1. The molecule has 0 unspecified atom stereocenters. The molecule has 3 aromatic carbocycles. The first-order valence-electron chi connectivity index (χ1n) is 14.4. The minimum atomic E-state index is -4.56. The lowest BCUT2D eigenvalue weighted by molar-refractivity contribution is -0.137. The number of nitrogens with one attached hydrogen (secondary N) is 2. The smallest absolute Gasteiger partial charge is 0.385 e. The number of carbonyl (C=O) groups excluding carboxylic acids is 3. The molecule has 43 heavy (non-hydrogen) atoms. The van der Waals surface area contributed by atoms with Crippen molar-refractivity contribution >= 4 is 18.1 Å². The standard InChI is InChI=1S/C33H34F3N3O4/c34-33(35,36)26-6-3-5-23(18-26)31(42)37-19-30(41)39-17-14-28(20-39)38-27-12-15-32(43,16-13-27)25-10-8-22(9-11-25)29-7-2-1-4-24(29)21-40/h1-11,18,21,27-28,38,43H,12-17,19-20H2,(H,37,42)/t27?,28-,32?/m0/s1. The zero-order chi connectivity index (χ0) is 30.6. The Bertz CT molecular complexity index is 1470. The first-order chi connectivity index (χ1) is 20.6. The monoisotopic (exact) mass is 593 g/mol. The number of hydrogen-bond acceptors (Lipinski definition) is 5. The second kappa shape index (κ2) is 12.7. The molecule has 5 rings (SSSR count). The first kappa shape index (κ1) is 30.4. The number of aldehydes is 1. The fourth-order valence-corrected chi connectivity index (χ4v) is 6.04. The van der Waals surface area contributed by atoms with Gasteiger partial charge in [-0.3, -0.25) is 14.4 Å². The normalized spacial score (nSPS) is 22.3. The Morgan fingerprint density at radius 3 is 2.37 bits per heavy atom. The third-order valence-electron chi connectivity index (χ3n) is 8.50. The average molecular weight is 594 g/mol. The van der Waals surface area contributed by atoms with Gasteiger partial charge in [0, 0.05) is 36.3 Å². The molecule has 0 aromatic heterocycles. The zero-order valence-corrected chi connectivity index (χ0v) is 23.6. The second-order valence-electron chi connectivity index (χ2n) is 11.3. The van der Waals surface area contributed by atoms with E-state index in [9.17, 15) is 32.7 Å². The van der Waals surface area contributed by atoms with E-state index in [1.807, 2.05) is 42.5 Å². The van der Waals surface area contributed by atoms with Crippen molar-refractivity contribution in [2.75, 3.05) is 19.6 Å². The number of carbonyl (C=O) groups is 3. The van der Waals surface area contributed by atoms with Crippen LogP contribution < -0.4 is 10.6 Å². The Morgan fingerprint density at radius 1 is 0.953 bits per heavy atom. The van der Waals surface area contributed by atoms with Crippen molar-refractivity contribution < 1.29 is 32.7 Å². The van der Waals surface area contributed by atoms with Crippen molar-refractivity contribution in [1.29, 1.82) is 0 Å². The number of rotatable bonds is 8. The van der Waals surface area contributed by atoms with Crippen LogP contribution in [0.4, 0.5) is 13.2 Å². The van der Waals surface area contributed by atoms with E-state index >= 15 is 0 Å². The van der Waals surface area contributed by atoms with Gasteiger partial charge in [0.1, 0.15) is 0 Å². The fraction of sp³-hybridized carbons (Fsp3) is 0.364. The molecule has 1 aliphatic carbocycles. The van der Waals surface area contributed by atoms with Crippen molar-refractivity contribution in [3.8, 4) is 11.1 Å². The van der Waals surface area contributed by atoms with Gasteiger partial charge in [0.15, 0.2) is 6.29 Å². The summed E-state index contributed by atoms with van der Waals surface area (Å²) < 4.78 is 38.8. The van der Waals surface area contributed by atoms with Gasteiger partial charge in [-0.1, -0.05) is 54.6 Å². The van der Waals surface area contributed by atoms with Crippen LogP contribution in [0.2, 0.25) is 0 Å². The van der Waals surface area contributed by atoms with Gasteiger partial charge in [0.05, 0.1) is 17.7 Å². The molecule has 7 nitrogen and oxygen atoms in total. The Morgan fingerprint density at radius 2 is 1.67 bits per heavy atom. The zero-order valence-electron chi connectivity index (χ0n) is 23.6. The molecule has 1 heterocycles. The van der Waals surface area contributed by atoms with Crippen molar-refractivity contribution in [3.05, 3.63) is 95.1 Å². The van der Waals surface area contributed by atoms with Gasteiger partial charge in [-0.05, 0) is 67.0 Å². The minimum Gasteiger partial charge on any atom is -0.385 e. The summed E-state index contributed by atoms with van der Waals surface area (Å²) in [5, 5.41) is 17.5. The van der Waals surface area contributed by atoms with Crippen LogP contribution >= 0.6 is 0 Å². The number of halogens is 3. The summed E-state index contributed by atoms with van der Waals surface area (Å²) in [6.07, 6.45) is -0.256. The highest BCUT2D eigenvalue weighted by Gasteiger charge is 2.36. The van der Waals surface area contributed by atoms with Gasteiger partial charge in [-0.2, -0.15) is 13.2 Å². The number of hydrogen-bond donors (Lipinski definition) is 3. The van der Waals surface area contributed by atoms with Gasteiger partial charge in [0.25, 0.3) is 5.91 Å². The molecule has 0 bridgehead atoms. The van der Waals surface area contributed by atoms with Crippen LogP contribution in [0.25, 0.3) is 11.1 Å². The second-order valence-corrected chi connectivity index (χ2v) is 11.3. The molecule has 0 radical (unpaired) electrons. The van der Waals surface area contributed by atoms with Crippen molar-refractivity contribution in [1.82, 2.24) is 15.5 Å². The van der Waals surface area contributed by atoms with Crippen molar-refractivity contribution in [3.63, 3.8) is 0 Å². The van der Waals surface area contributed by atoms with Crippen LogP contribution in [0, 0.1) is 0 Å². The highest BCUT2D eigenvalue weighted by molar-refractivity contribution is 5.96. The Balaban J connectivity index is 1.08. The number of likely N-dealkylation sites (tertiary alicyclic amines) is 1. The van der Waals surface area contributed by atoms with E-state index < -0.39 is 23.2 Å². The molecule has 3 aromatic rings. The molecule has 1 aliphatic heterocycles. The van der Waals surface area contributed by atoms with Crippen LogP contribution in [-0.4, -0.2) is 59.8 Å². The largest absolute Gasteiger partial charge is 0.416 e. The van der Waals surface area contributed by atoms with E-state index in [1.54, 1.807) is 11.0 Å². The van der Waals surface area contributed by atoms with Gasteiger partial charge < -0.3 is 20.6 Å². The lowest BCUT2D eigenvalue weighted by Crippen LogP contribution is -2.46. The van der Waals surface area contributed by atoms with Crippen LogP contribution in [0.1, 0.15) is 63.9 Å². The molecule has 226 valence electrons. The van der Waals surface area contributed by atoms with Crippen LogP contribution in [-0.2, 0) is 16.6 Å². The molecule has 2 aliphatic rings. The molecule has 1 atom stereocenters. The van der Waals surface area contributed by atoms with Gasteiger partial charge in [0.2, 0.25) is 5.91 Å². The van der Waals surface area contributed by atoms with E-state index in [4.69, 9.17) is 0 Å². The fourth-order valence-electron chi connectivity index (χ4n) is 6.04. The summed E-state index contributed by atoms with van der Waals surface area (Å²) in [6.45, 7) is 0.701. The number of alkyl halides is 3. The van der Waals surface area contributed by atoms with Gasteiger partial charge >= 0.3 is 6.18 Å². The van der Waals surface area contributed by atoms with Crippen LogP contribution in [0.15, 0.2) is 72.8 Å². The summed E-state index contributed by atoms with van der Waals surface area (Å²) >= 11 is 0. The maximum Gasteiger partial charge on any atom is 0.416 e. The maximum absolute atomic E-state index is 12.9. The van der Waals surface area contributed by atoms with Crippen LogP contribution in [0.5, 0.6) is 0 Å². The summed E-state index contributed by atoms with van der Waals surface area (Å²) in [4.78, 5) is 38.1. The van der Waals surface area contributed by atoms with E-state index in [0.717, 1.165) is 60.4 Å². The van der Waals surface area contributed by atoms with E-state index in [-0.39, 0.29) is 30.1 Å². The third kappa shape index (κ3) is 7.14. The Hall–Kier alpha value is -4.02. The third-order valence-corrected chi connectivity index (χ3v) is 8.50. The topological polar surface area (TPSA) is 98.7 Å². The summed E-state index contributed by atoms with van der Waals surface area (Å²) in [6, 6.07) is 19.5.